The van der Waals surface area contributed by atoms with Gasteiger partial charge in [-0.25, -0.2) is 0 Å². The third-order valence-electron chi connectivity index (χ3n) is 3.31. The van der Waals surface area contributed by atoms with E-state index in [1.54, 1.807) is 0 Å². The average molecular weight is 329 g/mol. The van der Waals surface area contributed by atoms with Crippen LogP contribution in [-0.4, -0.2) is 0 Å². The summed E-state index contributed by atoms with van der Waals surface area (Å²) < 4.78 is 0. The van der Waals surface area contributed by atoms with Crippen LogP contribution in [0.5, 0.6) is 0 Å². The zero-order valence-corrected chi connectivity index (χ0v) is 18.9. The van der Waals surface area contributed by atoms with Crippen molar-refractivity contribution in [2.45, 2.75) is 128 Å². The molecule has 0 N–H and O–H groups in total. The first-order valence-electron chi connectivity index (χ1n) is 10.5. The average Bonchev–Trinajstić information content (AvgIpc) is 2.40. The van der Waals surface area contributed by atoms with Crippen molar-refractivity contribution in [2.24, 2.45) is 11.3 Å². The third kappa shape index (κ3) is 39.0. The molecule has 0 fully saturated rings. The SMILES string of the molecule is C1=CCC1.CC.CCC.CCC.CCCC(C)CC(C)(C)CC. The highest BCUT2D eigenvalue weighted by molar-refractivity contribution is 4.93. The second kappa shape index (κ2) is 26.6. The summed E-state index contributed by atoms with van der Waals surface area (Å²) in [6, 6.07) is 0. The van der Waals surface area contributed by atoms with Gasteiger partial charge in [0.15, 0.2) is 0 Å². The molecule has 0 aromatic heterocycles. The van der Waals surface area contributed by atoms with Gasteiger partial charge in [-0.3, -0.25) is 0 Å². The van der Waals surface area contributed by atoms with Crippen LogP contribution >= 0.6 is 0 Å². The highest BCUT2D eigenvalue weighted by Crippen LogP contribution is 2.30. The predicted molar refractivity (Wildman–Crippen MR) is 114 cm³/mol. The molecule has 0 aromatic carbocycles. The molecule has 1 aliphatic rings. The summed E-state index contributed by atoms with van der Waals surface area (Å²) in [6.07, 6.45) is 14.9. The lowest BCUT2D eigenvalue weighted by Gasteiger charge is -2.26. The van der Waals surface area contributed by atoms with Crippen molar-refractivity contribution in [3.8, 4) is 0 Å². The first-order chi connectivity index (χ1) is 10.8. The van der Waals surface area contributed by atoms with E-state index in [4.69, 9.17) is 0 Å². The Morgan fingerprint density at radius 3 is 1.30 bits per heavy atom. The molecule has 0 nitrogen and oxygen atoms in total. The predicted octanol–water partition coefficient (Wildman–Crippen LogP) is 9.44. The van der Waals surface area contributed by atoms with Gasteiger partial charge in [-0.1, -0.05) is 120 Å². The summed E-state index contributed by atoms with van der Waals surface area (Å²) >= 11 is 0. The molecule has 0 bridgehead atoms. The third-order valence-corrected chi connectivity index (χ3v) is 3.31. The smallest absolute Gasteiger partial charge is 0.0316 e. The van der Waals surface area contributed by atoms with E-state index >= 15 is 0 Å². The summed E-state index contributed by atoms with van der Waals surface area (Å²) in [4.78, 5) is 0. The van der Waals surface area contributed by atoms with Crippen LogP contribution in [0.25, 0.3) is 0 Å². The summed E-state index contributed by atoms with van der Waals surface area (Å²) in [5.41, 5.74) is 0.564. The van der Waals surface area contributed by atoms with Gasteiger partial charge in [0.25, 0.3) is 0 Å². The van der Waals surface area contributed by atoms with Crippen molar-refractivity contribution in [3.63, 3.8) is 0 Å². The van der Waals surface area contributed by atoms with Crippen LogP contribution in [0, 0.1) is 11.3 Å². The van der Waals surface area contributed by atoms with Gasteiger partial charge in [-0.05, 0) is 30.6 Å². The molecule has 0 spiro atoms. The minimum atomic E-state index is 0.564. The molecule has 1 rings (SSSR count). The van der Waals surface area contributed by atoms with Crippen molar-refractivity contribution in [1.82, 2.24) is 0 Å². The highest BCUT2D eigenvalue weighted by atomic mass is 14.2. The summed E-state index contributed by atoms with van der Waals surface area (Å²) in [5.74, 6) is 0.912. The number of hydrogen-bond acceptors (Lipinski definition) is 0. The van der Waals surface area contributed by atoms with Gasteiger partial charge in [0, 0.05) is 0 Å². The fourth-order valence-corrected chi connectivity index (χ4v) is 1.85. The molecule has 1 unspecified atom stereocenters. The van der Waals surface area contributed by atoms with Crippen molar-refractivity contribution in [1.29, 1.82) is 0 Å². The Kier molecular flexibility index (Phi) is 35.4. The van der Waals surface area contributed by atoms with Crippen molar-refractivity contribution < 1.29 is 0 Å². The molecule has 23 heavy (non-hydrogen) atoms. The van der Waals surface area contributed by atoms with E-state index in [2.05, 4.69) is 74.5 Å². The second-order valence-electron chi connectivity index (χ2n) is 7.08. The maximum absolute atomic E-state index is 2.38. The number of rotatable bonds is 5. The molecule has 0 saturated heterocycles. The lowest BCUT2D eigenvalue weighted by molar-refractivity contribution is 0.258. The first kappa shape index (κ1) is 30.6. The molecular formula is C23H52. The lowest BCUT2D eigenvalue weighted by Crippen LogP contribution is -2.14. The molecule has 0 heterocycles. The van der Waals surface area contributed by atoms with Crippen LogP contribution in [-0.2, 0) is 0 Å². The van der Waals surface area contributed by atoms with E-state index in [1.165, 1.54) is 51.4 Å². The Labute approximate surface area is 151 Å². The van der Waals surface area contributed by atoms with Crippen LogP contribution in [0.2, 0.25) is 0 Å². The summed E-state index contributed by atoms with van der Waals surface area (Å²) in [5, 5.41) is 0. The molecule has 0 amide bonds. The van der Waals surface area contributed by atoms with Gasteiger partial charge in [0.1, 0.15) is 0 Å². The Morgan fingerprint density at radius 1 is 0.826 bits per heavy atom. The molecule has 1 aliphatic carbocycles. The molecule has 144 valence electrons. The van der Waals surface area contributed by atoms with Crippen molar-refractivity contribution in [3.05, 3.63) is 12.2 Å². The Bertz CT molecular complexity index is 180. The van der Waals surface area contributed by atoms with Gasteiger partial charge in [0.2, 0.25) is 0 Å². The quantitative estimate of drug-likeness (QED) is 0.441. The van der Waals surface area contributed by atoms with Crippen LogP contribution in [0.3, 0.4) is 0 Å². The molecule has 1 atom stereocenters. The van der Waals surface area contributed by atoms with E-state index < -0.39 is 0 Å². The van der Waals surface area contributed by atoms with Crippen molar-refractivity contribution >= 4 is 0 Å². The van der Waals surface area contributed by atoms with Crippen LogP contribution in [0.15, 0.2) is 12.2 Å². The maximum atomic E-state index is 2.38. The van der Waals surface area contributed by atoms with Crippen LogP contribution < -0.4 is 0 Å². The molecule has 0 aliphatic heterocycles. The zero-order valence-electron chi connectivity index (χ0n) is 18.9. The zero-order chi connectivity index (χ0) is 19.1. The van der Waals surface area contributed by atoms with Gasteiger partial charge >= 0.3 is 0 Å². The van der Waals surface area contributed by atoms with Crippen LogP contribution in [0.4, 0.5) is 0 Å². The first-order valence-corrected chi connectivity index (χ1v) is 10.5. The normalized spacial score (nSPS) is 12.5. The minimum Gasteiger partial charge on any atom is -0.0882 e. The van der Waals surface area contributed by atoms with Gasteiger partial charge in [0.05, 0.1) is 0 Å². The molecule has 0 heteroatoms. The van der Waals surface area contributed by atoms with Gasteiger partial charge in [-0.15, -0.1) is 0 Å². The van der Waals surface area contributed by atoms with E-state index in [-0.39, 0.29) is 0 Å². The number of allylic oxidation sites excluding steroid dienone is 2. The van der Waals surface area contributed by atoms with E-state index in [9.17, 15) is 0 Å². The standard InChI is InChI=1S/C11H24.C4H6.2C3H8.C2H6/c1-6-8-10(3)9-11(4,5)7-2;1-2-4-3-1;2*1-3-2;1-2/h10H,6-9H2,1-5H3;1-2H,3-4H2;2*3H2,1-2H3;1-2H3. The van der Waals surface area contributed by atoms with E-state index in [0.717, 1.165) is 5.92 Å². The number of hydrogen-bond donors (Lipinski definition) is 0. The minimum absolute atomic E-state index is 0.564. The molecule has 0 aromatic rings. The molecular weight excluding hydrogens is 276 g/mol. The van der Waals surface area contributed by atoms with Crippen LogP contribution in [0.1, 0.15) is 128 Å². The molecule has 0 radical (unpaired) electrons. The maximum Gasteiger partial charge on any atom is -0.0316 e. The van der Waals surface area contributed by atoms with E-state index in [0.29, 0.717) is 5.41 Å². The highest BCUT2D eigenvalue weighted by Gasteiger charge is 2.17. The summed E-state index contributed by atoms with van der Waals surface area (Å²) in [6.45, 7) is 24.2. The topological polar surface area (TPSA) is 0 Å². The van der Waals surface area contributed by atoms with Crippen molar-refractivity contribution in [2.75, 3.05) is 0 Å². The fraction of sp³-hybridized carbons (Fsp3) is 0.913. The monoisotopic (exact) mass is 328 g/mol. The van der Waals surface area contributed by atoms with Gasteiger partial charge < -0.3 is 0 Å². The summed E-state index contributed by atoms with van der Waals surface area (Å²) in [7, 11) is 0. The molecule has 0 saturated carbocycles. The fourth-order valence-electron chi connectivity index (χ4n) is 1.85. The Balaban J connectivity index is -0.000000123. The Hall–Kier alpha value is -0.260. The Morgan fingerprint density at radius 2 is 1.13 bits per heavy atom. The van der Waals surface area contributed by atoms with E-state index in [1.807, 2.05) is 13.8 Å². The second-order valence-corrected chi connectivity index (χ2v) is 7.08. The van der Waals surface area contributed by atoms with Gasteiger partial charge in [-0.2, -0.15) is 0 Å². The lowest BCUT2D eigenvalue weighted by atomic mass is 9.80. The largest absolute Gasteiger partial charge is 0.0882 e.